The lowest BCUT2D eigenvalue weighted by atomic mass is 10.0. The highest BCUT2D eigenvalue weighted by atomic mass is 16.5. The Bertz CT molecular complexity index is 351. The SMILES string of the molecule is COc1ccc(C2CC(O)CN2)cc1C. The number of β-amino-alcohol motifs (C(OH)–C–C–N with tert-alkyl or cyclic N) is 1. The first kappa shape index (κ1) is 10.5. The molecule has 3 heteroatoms. The van der Waals surface area contributed by atoms with Gasteiger partial charge in [0.2, 0.25) is 0 Å². The van der Waals surface area contributed by atoms with E-state index in [1.165, 1.54) is 5.56 Å². The average molecular weight is 207 g/mol. The first-order chi connectivity index (χ1) is 7.20. The molecule has 2 unspecified atom stereocenters. The fraction of sp³-hybridized carbons (Fsp3) is 0.500. The Labute approximate surface area is 90.1 Å². The van der Waals surface area contributed by atoms with E-state index in [0.29, 0.717) is 6.54 Å². The molecule has 1 aliphatic rings. The van der Waals surface area contributed by atoms with E-state index in [-0.39, 0.29) is 12.1 Å². The van der Waals surface area contributed by atoms with Crippen molar-refractivity contribution in [3.05, 3.63) is 29.3 Å². The Morgan fingerprint density at radius 1 is 1.47 bits per heavy atom. The van der Waals surface area contributed by atoms with Crippen LogP contribution in [0.2, 0.25) is 0 Å². The fourth-order valence-electron chi connectivity index (χ4n) is 2.09. The molecule has 0 aromatic heterocycles. The molecule has 0 amide bonds. The molecule has 2 N–H and O–H groups in total. The zero-order valence-corrected chi connectivity index (χ0v) is 9.16. The molecule has 1 saturated heterocycles. The summed E-state index contributed by atoms with van der Waals surface area (Å²) in [4.78, 5) is 0. The minimum atomic E-state index is -0.211. The minimum Gasteiger partial charge on any atom is -0.496 e. The van der Waals surface area contributed by atoms with Crippen molar-refractivity contribution in [1.82, 2.24) is 5.32 Å². The topological polar surface area (TPSA) is 41.5 Å². The van der Waals surface area contributed by atoms with Crippen LogP contribution in [0.25, 0.3) is 0 Å². The van der Waals surface area contributed by atoms with E-state index in [0.717, 1.165) is 17.7 Å². The Hall–Kier alpha value is -1.06. The van der Waals surface area contributed by atoms with Gasteiger partial charge in [0, 0.05) is 12.6 Å². The number of aryl methyl sites for hydroxylation is 1. The molecule has 0 saturated carbocycles. The highest BCUT2D eigenvalue weighted by molar-refractivity contribution is 5.37. The Morgan fingerprint density at radius 2 is 2.27 bits per heavy atom. The summed E-state index contributed by atoms with van der Waals surface area (Å²) in [5.74, 6) is 0.914. The van der Waals surface area contributed by atoms with Crippen LogP contribution in [0.3, 0.4) is 0 Å². The summed E-state index contributed by atoms with van der Waals surface area (Å²) in [7, 11) is 1.68. The molecule has 1 aliphatic heterocycles. The highest BCUT2D eigenvalue weighted by Gasteiger charge is 2.23. The normalized spacial score (nSPS) is 25.5. The smallest absolute Gasteiger partial charge is 0.121 e. The second-order valence-corrected chi connectivity index (χ2v) is 4.08. The van der Waals surface area contributed by atoms with Gasteiger partial charge in [-0.3, -0.25) is 0 Å². The van der Waals surface area contributed by atoms with Crippen molar-refractivity contribution in [3.63, 3.8) is 0 Å². The van der Waals surface area contributed by atoms with E-state index in [1.807, 2.05) is 13.0 Å². The molecule has 0 spiro atoms. The van der Waals surface area contributed by atoms with E-state index in [9.17, 15) is 5.11 Å². The highest BCUT2D eigenvalue weighted by Crippen LogP contribution is 2.27. The van der Waals surface area contributed by atoms with Gasteiger partial charge in [-0.05, 0) is 30.5 Å². The van der Waals surface area contributed by atoms with Crippen LogP contribution in [0, 0.1) is 6.92 Å². The van der Waals surface area contributed by atoms with Crippen molar-refractivity contribution in [3.8, 4) is 5.75 Å². The van der Waals surface area contributed by atoms with Crippen LogP contribution in [0.1, 0.15) is 23.6 Å². The second kappa shape index (κ2) is 4.21. The third-order valence-corrected chi connectivity index (χ3v) is 2.93. The Balaban J connectivity index is 2.19. The van der Waals surface area contributed by atoms with Gasteiger partial charge in [0.15, 0.2) is 0 Å². The molecule has 2 rings (SSSR count). The largest absolute Gasteiger partial charge is 0.496 e. The van der Waals surface area contributed by atoms with Crippen LogP contribution in [0.15, 0.2) is 18.2 Å². The maximum Gasteiger partial charge on any atom is 0.121 e. The zero-order valence-electron chi connectivity index (χ0n) is 9.16. The van der Waals surface area contributed by atoms with Crippen molar-refractivity contribution in [2.75, 3.05) is 13.7 Å². The molecule has 1 fully saturated rings. The molecule has 0 radical (unpaired) electrons. The Morgan fingerprint density at radius 3 is 2.80 bits per heavy atom. The zero-order chi connectivity index (χ0) is 10.8. The summed E-state index contributed by atoms with van der Waals surface area (Å²) in [5, 5.41) is 12.7. The van der Waals surface area contributed by atoms with Gasteiger partial charge in [-0.1, -0.05) is 12.1 Å². The molecule has 0 bridgehead atoms. The third kappa shape index (κ3) is 2.13. The minimum absolute atomic E-state index is 0.211. The predicted molar refractivity (Wildman–Crippen MR) is 59.1 cm³/mol. The van der Waals surface area contributed by atoms with Gasteiger partial charge >= 0.3 is 0 Å². The van der Waals surface area contributed by atoms with Gasteiger partial charge in [0.25, 0.3) is 0 Å². The number of hydrogen-bond acceptors (Lipinski definition) is 3. The van der Waals surface area contributed by atoms with Gasteiger partial charge < -0.3 is 15.2 Å². The number of hydrogen-bond donors (Lipinski definition) is 2. The molecule has 1 aromatic rings. The van der Waals surface area contributed by atoms with E-state index < -0.39 is 0 Å². The van der Waals surface area contributed by atoms with Crippen molar-refractivity contribution >= 4 is 0 Å². The number of rotatable bonds is 2. The summed E-state index contributed by atoms with van der Waals surface area (Å²) < 4.78 is 5.21. The van der Waals surface area contributed by atoms with E-state index in [2.05, 4.69) is 17.4 Å². The van der Waals surface area contributed by atoms with Gasteiger partial charge in [-0.2, -0.15) is 0 Å². The average Bonchev–Trinajstić information content (AvgIpc) is 2.65. The Kier molecular flexibility index (Phi) is 2.93. The van der Waals surface area contributed by atoms with Crippen molar-refractivity contribution in [2.24, 2.45) is 0 Å². The number of benzene rings is 1. The van der Waals surface area contributed by atoms with Crippen LogP contribution < -0.4 is 10.1 Å². The van der Waals surface area contributed by atoms with Crippen LogP contribution >= 0.6 is 0 Å². The van der Waals surface area contributed by atoms with Gasteiger partial charge in [0.1, 0.15) is 5.75 Å². The van der Waals surface area contributed by atoms with E-state index >= 15 is 0 Å². The predicted octanol–water partition coefficient (Wildman–Crippen LogP) is 1.40. The lowest BCUT2D eigenvalue weighted by Gasteiger charge is -2.13. The van der Waals surface area contributed by atoms with Crippen LogP contribution in [-0.4, -0.2) is 24.9 Å². The molecular weight excluding hydrogens is 190 g/mol. The van der Waals surface area contributed by atoms with E-state index in [1.54, 1.807) is 7.11 Å². The fourth-order valence-corrected chi connectivity index (χ4v) is 2.09. The maximum atomic E-state index is 9.44. The number of aliphatic hydroxyl groups is 1. The lowest BCUT2D eigenvalue weighted by Crippen LogP contribution is -2.14. The van der Waals surface area contributed by atoms with Crippen LogP contribution in [0.4, 0.5) is 0 Å². The summed E-state index contributed by atoms with van der Waals surface area (Å²) >= 11 is 0. The lowest BCUT2D eigenvalue weighted by molar-refractivity contribution is 0.193. The van der Waals surface area contributed by atoms with Gasteiger partial charge in [-0.25, -0.2) is 0 Å². The van der Waals surface area contributed by atoms with E-state index in [4.69, 9.17) is 4.74 Å². The molecule has 0 aliphatic carbocycles. The number of nitrogens with one attached hydrogen (secondary N) is 1. The number of methoxy groups -OCH3 is 1. The quantitative estimate of drug-likeness (QED) is 0.770. The van der Waals surface area contributed by atoms with Crippen molar-refractivity contribution in [1.29, 1.82) is 0 Å². The summed E-state index contributed by atoms with van der Waals surface area (Å²) in [5.41, 5.74) is 2.36. The standard InChI is InChI=1S/C12H17NO2/c1-8-5-9(3-4-12(8)15-2)11-6-10(14)7-13-11/h3-5,10-11,13-14H,6-7H2,1-2H3. The van der Waals surface area contributed by atoms with Crippen molar-refractivity contribution in [2.45, 2.75) is 25.5 Å². The molecule has 15 heavy (non-hydrogen) atoms. The van der Waals surface area contributed by atoms with Crippen LogP contribution in [0.5, 0.6) is 5.75 Å². The molecule has 3 nitrogen and oxygen atoms in total. The van der Waals surface area contributed by atoms with Gasteiger partial charge in [-0.15, -0.1) is 0 Å². The number of ether oxygens (including phenoxy) is 1. The summed E-state index contributed by atoms with van der Waals surface area (Å²) in [6, 6.07) is 6.44. The van der Waals surface area contributed by atoms with Crippen molar-refractivity contribution < 1.29 is 9.84 Å². The molecule has 1 aromatic carbocycles. The summed E-state index contributed by atoms with van der Waals surface area (Å²) in [6.07, 6.45) is 0.587. The molecule has 2 atom stereocenters. The summed E-state index contributed by atoms with van der Waals surface area (Å²) in [6.45, 7) is 2.73. The van der Waals surface area contributed by atoms with Gasteiger partial charge in [0.05, 0.1) is 13.2 Å². The van der Waals surface area contributed by atoms with Crippen LogP contribution in [-0.2, 0) is 0 Å². The number of aliphatic hydroxyl groups excluding tert-OH is 1. The second-order valence-electron chi connectivity index (χ2n) is 4.08. The maximum absolute atomic E-state index is 9.44. The molecular formula is C12H17NO2. The first-order valence-electron chi connectivity index (χ1n) is 5.26. The third-order valence-electron chi connectivity index (χ3n) is 2.93. The molecule has 82 valence electrons. The monoisotopic (exact) mass is 207 g/mol. The first-order valence-corrected chi connectivity index (χ1v) is 5.26. The molecule has 1 heterocycles.